The normalized spacial score (nSPS) is 15.7. The van der Waals surface area contributed by atoms with Crippen molar-refractivity contribution in [3.63, 3.8) is 0 Å². The van der Waals surface area contributed by atoms with Crippen LogP contribution in [0.4, 0.5) is 4.39 Å². The van der Waals surface area contributed by atoms with Crippen molar-refractivity contribution >= 4 is 16.8 Å². The molecule has 1 unspecified atom stereocenters. The van der Waals surface area contributed by atoms with Gasteiger partial charge in [0.05, 0.1) is 6.04 Å². The van der Waals surface area contributed by atoms with Gasteiger partial charge in [0.15, 0.2) is 0 Å². The van der Waals surface area contributed by atoms with Gasteiger partial charge in [-0.25, -0.2) is 4.39 Å². The third-order valence-corrected chi connectivity index (χ3v) is 6.50. The first-order chi connectivity index (χ1) is 15.5. The molecular formula is C27H25FN2O2. The van der Waals surface area contributed by atoms with Crippen LogP contribution < -0.4 is 0 Å². The van der Waals surface area contributed by atoms with Gasteiger partial charge in [-0.2, -0.15) is 0 Å². The van der Waals surface area contributed by atoms with Crippen molar-refractivity contribution in [3.8, 4) is 5.75 Å². The van der Waals surface area contributed by atoms with Crippen LogP contribution in [0.15, 0.2) is 66.7 Å². The van der Waals surface area contributed by atoms with E-state index in [1.54, 1.807) is 4.90 Å². The number of rotatable bonds is 4. The maximum atomic E-state index is 14.1. The first-order valence-electron chi connectivity index (χ1n) is 10.9. The SMILES string of the molecule is Cc1[nH]c2ccccc2c1CCC(=O)N1CCc2ccccc2C1c1cc(F)ccc1O. The van der Waals surface area contributed by atoms with Crippen molar-refractivity contribution in [1.29, 1.82) is 0 Å². The maximum absolute atomic E-state index is 14.1. The van der Waals surface area contributed by atoms with Gasteiger partial charge in [0.1, 0.15) is 11.6 Å². The highest BCUT2D eigenvalue weighted by Gasteiger charge is 2.33. The molecule has 3 aromatic carbocycles. The molecule has 0 saturated heterocycles. The number of aryl methyl sites for hydroxylation is 2. The summed E-state index contributed by atoms with van der Waals surface area (Å²) in [4.78, 5) is 18.7. The number of hydrogen-bond acceptors (Lipinski definition) is 2. The van der Waals surface area contributed by atoms with E-state index in [0.29, 0.717) is 24.9 Å². The molecule has 0 bridgehead atoms. The quantitative estimate of drug-likeness (QED) is 0.456. The van der Waals surface area contributed by atoms with Gasteiger partial charge in [0.25, 0.3) is 0 Å². The Kier molecular flexibility index (Phi) is 5.17. The van der Waals surface area contributed by atoms with Crippen LogP contribution in [0.5, 0.6) is 5.75 Å². The smallest absolute Gasteiger partial charge is 0.223 e. The molecule has 1 atom stereocenters. The fourth-order valence-corrected chi connectivity index (χ4v) is 4.95. The van der Waals surface area contributed by atoms with Crippen LogP contribution in [-0.2, 0) is 17.6 Å². The van der Waals surface area contributed by atoms with Crippen LogP contribution in [0.3, 0.4) is 0 Å². The summed E-state index contributed by atoms with van der Waals surface area (Å²) in [5.41, 5.74) is 5.78. The zero-order valence-corrected chi connectivity index (χ0v) is 17.9. The van der Waals surface area contributed by atoms with Gasteiger partial charge in [-0.1, -0.05) is 42.5 Å². The third-order valence-electron chi connectivity index (χ3n) is 6.50. The van der Waals surface area contributed by atoms with Gasteiger partial charge < -0.3 is 15.0 Å². The molecule has 32 heavy (non-hydrogen) atoms. The number of phenolic OH excluding ortho intramolecular Hbond substituents is 1. The van der Waals surface area contributed by atoms with E-state index >= 15 is 0 Å². The summed E-state index contributed by atoms with van der Waals surface area (Å²) in [5, 5.41) is 11.7. The average Bonchev–Trinajstić information content (AvgIpc) is 3.13. The Morgan fingerprint density at radius 3 is 2.75 bits per heavy atom. The zero-order valence-electron chi connectivity index (χ0n) is 17.9. The van der Waals surface area contributed by atoms with Crippen molar-refractivity contribution in [1.82, 2.24) is 9.88 Å². The molecule has 162 valence electrons. The lowest BCUT2D eigenvalue weighted by Crippen LogP contribution is -2.40. The number of fused-ring (bicyclic) bond motifs is 2. The summed E-state index contributed by atoms with van der Waals surface area (Å²) in [5.74, 6) is -0.432. The van der Waals surface area contributed by atoms with Gasteiger partial charge in [0.2, 0.25) is 5.91 Å². The molecule has 0 radical (unpaired) electrons. The minimum absolute atomic E-state index is 0.00150. The molecule has 4 aromatic rings. The molecule has 1 aliphatic rings. The average molecular weight is 429 g/mol. The number of nitrogens with one attached hydrogen (secondary N) is 1. The van der Waals surface area contributed by atoms with E-state index in [1.807, 2.05) is 49.4 Å². The minimum Gasteiger partial charge on any atom is -0.508 e. The van der Waals surface area contributed by atoms with Crippen LogP contribution in [0.1, 0.15) is 40.4 Å². The predicted octanol–water partition coefficient (Wildman–Crippen LogP) is 5.43. The molecule has 5 heteroatoms. The van der Waals surface area contributed by atoms with Crippen molar-refractivity contribution in [2.45, 2.75) is 32.2 Å². The molecule has 2 heterocycles. The first-order valence-corrected chi connectivity index (χ1v) is 10.9. The number of halogens is 1. The Labute approximate surface area is 186 Å². The number of carbonyl (C=O) groups is 1. The molecule has 5 rings (SSSR count). The summed E-state index contributed by atoms with van der Waals surface area (Å²) in [6.45, 7) is 2.56. The Bertz CT molecular complexity index is 1310. The number of H-pyrrole nitrogens is 1. The van der Waals surface area contributed by atoms with E-state index in [-0.39, 0.29) is 11.7 Å². The number of aromatic nitrogens is 1. The number of phenols is 1. The zero-order chi connectivity index (χ0) is 22.2. The highest BCUT2D eigenvalue weighted by atomic mass is 19.1. The predicted molar refractivity (Wildman–Crippen MR) is 123 cm³/mol. The number of carbonyl (C=O) groups excluding carboxylic acids is 1. The molecule has 4 nitrogen and oxygen atoms in total. The molecule has 0 fully saturated rings. The summed E-state index contributed by atoms with van der Waals surface area (Å²) in [7, 11) is 0. The Hall–Kier alpha value is -3.60. The monoisotopic (exact) mass is 428 g/mol. The summed E-state index contributed by atoms with van der Waals surface area (Å²) in [6.07, 6.45) is 1.70. The van der Waals surface area contributed by atoms with E-state index in [4.69, 9.17) is 0 Å². The summed E-state index contributed by atoms with van der Waals surface area (Å²) < 4.78 is 14.1. The number of para-hydroxylation sites is 1. The van der Waals surface area contributed by atoms with Crippen LogP contribution in [0, 0.1) is 12.7 Å². The van der Waals surface area contributed by atoms with Gasteiger partial charge in [0, 0.05) is 35.1 Å². The van der Waals surface area contributed by atoms with E-state index in [0.717, 1.165) is 39.7 Å². The highest BCUT2D eigenvalue weighted by Crippen LogP contribution is 2.39. The fourth-order valence-electron chi connectivity index (χ4n) is 4.95. The largest absolute Gasteiger partial charge is 0.508 e. The lowest BCUT2D eigenvalue weighted by molar-refractivity contribution is -0.133. The maximum Gasteiger partial charge on any atom is 0.223 e. The summed E-state index contributed by atoms with van der Waals surface area (Å²) >= 11 is 0. The number of nitrogens with zero attached hydrogens (tertiary/aromatic N) is 1. The Morgan fingerprint density at radius 2 is 1.88 bits per heavy atom. The first kappa shape index (κ1) is 20.3. The van der Waals surface area contributed by atoms with Gasteiger partial charge in [-0.3, -0.25) is 4.79 Å². The number of amides is 1. The van der Waals surface area contributed by atoms with E-state index < -0.39 is 11.9 Å². The topological polar surface area (TPSA) is 56.3 Å². The van der Waals surface area contributed by atoms with E-state index in [2.05, 4.69) is 11.1 Å². The third kappa shape index (κ3) is 3.54. The van der Waals surface area contributed by atoms with Gasteiger partial charge in [-0.15, -0.1) is 0 Å². The van der Waals surface area contributed by atoms with Crippen LogP contribution in [0.2, 0.25) is 0 Å². The van der Waals surface area contributed by atoms with Crippen molar-refractivity contribution in [2.24, 2.45) is 0 Å². The molecular weight excluding hydrogens is 403 g/mol. The van der Waals surface area contributed by atoms with Gasteiger partial charge in [-0.05, 0) is 60.7 Å². The second-order valence-corrected chi connectivity index (χ2v) is 8.42. The lowest BCUT2D eigenvalue weighted by Gasteiger charge is -2.38. The Morgan fingerprint density at radius 1 is 1.09 bits per heavy atom. The molecule has 1 aromatic heterocycles. The van der Waals surface area contributed by atoms with E-state index in [1.165, 1.54) is 18.2 Å². The standard InChI is InChI=1S/C27H25FN2O2/c1-17-20(22-8-4-5-9-24(22)29-17)11-13-26(32)30-15-14-18-6-2-3-7-21(18)27(30)23-16-19(28)10-12-25(23)31/h2-10,12,16,27,29,31H,11,13-15H2,1H3. The molecule has 2 N–H and O–H groups in total. The fraction of sp³-hybridized carbons (Fsp3) is 0.222. The molecule has 0 saturated carbocycles. The number of aromatic hydroxyl groups is 1. The summed E-state index contributed by atoms with van der Waals surface area (Å²) in [6, 6.07) is 19.4. The Balaban J connectivity index is 1.47. The van der Waals surface area contributed by atoms with Crippen LogP contribution >= 0.6 is 0 Å². The molecule has 1 amide bonds. The van der Waals surface area contributed by atoms with Crippen molar-refractivity contribution in [2.75, 3.05) is 6.54 Å². The number of benzene rings is 3. The highest BCUT2D eigenvalue weighted by molar-refractivity contribution is 5.85. The molecule has 0 aliphatic carbocycles. The van der Waals surface area contributed by atoms with Crippen LogP contribution in [-0.4, -0.2) is 27.4 Å². The minimum atomic E-state index is -0.507. The lowest BCUT2D eigenvalue weighted by atomic mass is 9.87. The van der Waals surface area contributed by atoms with Crippen molar-refractivity contribution < 1.29 is 14.3 Å². The number of hydrogen-bond donors (Lipinski definition) is 2. The molecule has 1 aliphatic heterocycles. The van der Waals surface area contributed by atoms with E-state index in [9.17, 15) is 14.3 Å². The second kappa shape index (κ2) is 8.15. The van der Waals surface area contributed by atoms with Crippen LogP contribution in [0.25, 0.3) is 10.9 Å². The second-order valence-electron chi connectivity index (χ2n) is 8.42. The van der Waals surface area contributed by atoms with Crippen molar-refractivity contribution in [3.05, 3.63) is 100 Å². The van der Waals surface area contributed by atoms with Gasteiger partial charge >= 0.3 is 0 Å². The molecule has 0 spiro atoms. The number of aromatic amines is 1.